The number of nitrogens with two attached hydrogens (primary N) is 1. The van der Waals surface area contributed by atoms with Crippen molar-refractivity contribution in [2.75, 3.05) is 31.1 Å². The second-order valence-corrected chi connectivity index (χ2v) is 6.25. The number of hydrogen-bond donors (Lipinski definition) is 1. The van der Waals surface area contributed by atoms with Crippen LogP contribution in [-0.2, 0) is 6.54 Å². The Morgan fingerprint density at radius 3 is 2.83 bits per heavy atom. The Bertz CT molecular complexity index is 759. The van der Waals surface area contributed by atoms with Crippen LogP contribution in [0.5, 0.6) is 0 Å². The summed E-state index contributed by atoms with van der Waals surface area (Å²) in [7, 11) is 0. The van der Waals surface area contributed by atoms with Gasteiger partial charge in [-0.25, -0.2) is 14.4 Å². The van der Waals surface area contributed by atoms with E-state index in [2.05, 4.69) is 14.9 Å². The van der Waals surface area contributed by atoms with Gasteiger partial charge in [0.2, 0.25) is 0 Å². The third kappa shape index (κ3) is 3.63. The number of benzene rings is 1. The second kappa shape index (κ2) is 7.27. The normalized spacial score (nSPS) is 15.4. The van der Waals surface area contributed by atoms with E-state index in [1.54, 1.807) is 17.5 Å². The topological polar surface area (TPSA) is 81.5 Å². The molecule has 1 aromatic heterocycles. The molecule has 0 atom stereocenters. The number of halogens is 1. The first-order valence-electron chi connectivity index (χ1n) is 7.55. The van der Waals surface area contributed by atoms with Gasteiger partial charge in [0.25, 0.3) is 0 Å². The van der Waals surface area contributed by atoms with Gasteiger partial charge < -0.3 is 15.5 Å². The summed E-state index contributed by atoms with van der Waals surface area (Å²) in [6, 6.07) is 6.24. The summed E-state index contributed by atoms with van der Waals surface area (Å²) in [6.07, 6.45) is 1.80. The van der Waals surface area contributed by atoms with Crippen LogP contribution in [0, 0.1) is 17.1 Å². The summed E-state index contributed by atoms with van der Waals surface area (Å²) in [5.74, 6) is 0.0229. The van der Waals surface area contributed by atoms with E-state index in [0.29, 0.717) is 17.1 Å². The highest BCUT2D eigenvalue weighted by Gasteiger charge is 2.19. The molecule has 0 amide bonds. The molecule has 24 heavy (non-hydrogen) atoms. The fourth-order valence-corrected chi connectivity index (χ4v) is 3.23. The number of rotatable bonds is 3. The van der Waals surface area contributed by atoms with Crippen molar-refractivity contribution in [2.45, 2.75) is 6.54 Å². The van der Waals surface area contributed by atoms with Crippen molar-refractivity contribution in [3.05, 3.63) is 46.7 Å². The van der Waals surface area contributed by atoms with Crippen molar-refractivity contribution in [3.63, 3.8) is 0 Å². The minimum atomic E-state index is -0.376. The summed E-state index contributed by atoms with van der Waals surface area (Å²) in [5, 5.41) is 11.9. The van der Waals surface area contributed by atoms with Gasteiger partial charge in [-0.3, -0.25) is 0 Å². The quantitative estimate of drug-likeness (QED) is 0.678. The van der Waals surface area contributed by atoms with Crippen LogP contribution in [-0.4, -0.2) is 42.0 Å². The fraction of sp³-hybridized carbons (Fsp3) is 0.312. The van der Waals surface area contributed by atoms with Crippen LogP contribution in [0.25, 0.3) is 0 Å². The Hall–Kier alpha value is -2.66. The average molecular weight is 344 g/mol. The Balaban J connectivity index is 1.60. The van der Waals surface area contributed by atoms with E-state index < -0.39 is 0 Å². The minimum absolute atomic E-state index is 0.125. The maximum atomic E-state index is 13.8. The van der Waals surface area contributed by atoms with Crippen LogP contribution >= 0.6 is 11.3 Å². The molecule has 1 aliphatic heterocycles. The van der Waals surface area contributed by atoms with Gasteiger partial charge in [0, 0.05) is 43.3 Å². The lowest BCUT2D eigenvalue weighted by molar-refractivity contribution is 0.380. The zero-order chi connectivity index (χ0) is 16.9. The van der Waals surface area contributed by atoms with Crippen LogP contribution in [0.15, 0.2) is 34.8 Å². The van der Waals surface area contributed by atoms with E-state index in [1.807, 2.05) is 16.3 Å². The van der Waals surface area contributed by atoms with E-state index in [-0.39, 0.29) is 12.4 Å². The van der Waals surface area contributed by atoms with Crippen molar-refractivity contribution in [1.29, 1.82) is 5.26 Å². The third-order valence-corrected chi connectivity index (χ3v) is 4.71. The van der Waals surface area contributed by atoms with Crippen molar-refractivity contribution in [3.8, 4) is 6.07 Å². The van der Waals surface area contributed by atoms with Crippen LogP contribution in [0.1, 0.15) is 11.1 Å². The molecule has 0 aliphatic carbocycles. The number of nitrogens with zero attached hydrogens (tertiary/aromatic N) is 5. The van der Waals surface area contributed by atoms with Crippen LogP contribution in [0.3, 0.4) is 0 Å². The predicted molar refractivity (Wildman–Crippen MR) is 92.3 cm³/mol. The van der Waals surface area contributed by atoms with Crippen molar-refractivity contribution in [1.82, 2.24) is 9.88 Å². The summed E-state index contributed by atoms with van der Waals surface area (Å²) in [6.45, 7) is 3.26. The van der Waals surface area contributed by atoms with Gasteiger partial charge in [-0.15, -0.1) is 11.3 Å². The monoisotopic (exact) mass is 344 g/mol. The molecule has 0 unspecified atom stereocenters. The summed E-state index contributed by atoms with van der Waals surface area (Å²) < 4.78 is 13.8. The number of piperazine rings is 1. The molecule has 6 nitrogen and oxygen atoms in total. The van der Waals surface area contributed by atoms with Gasteiger partial charge in [0.1, 0.15) is 5.82 Å². The largest absolute Gasteiger partial charge is 0.370 e. The molecule has 8 heteroatoms. The van der Waals surface area contributed by atoms with Gasteiger partial charge in [-0.2, -0.15) is 5.26 Å². The smallest absolute Gasteiger partial charge is 0.191 e. The molecule has 2 heterocycles. The zero-order valence-corrected chi connectivity index (χ0v) is 13.8. The lowest BCUT2D eigenvalue weighted by Gasteiger charge is -2.35. The Morgan fingerprint density at radius 2 is 2.17 bits per heavy atom. The number of aromatic nitrogens is 1. The lowest BCUT2D eigenvalue weighted by Crippen LogP contribution is -2.51. The minimum Gasteiger partial charge on any atom is -0.370 e. The molecule has 2 N–H and O–H groups in total. The van der Waals surface area contributed by atoms with E-state index in [1.165, 1.54) is 18.2 Å². The molecular weight excluding hydrogens is 327 g/mol. The lowest BCUT2D eigenvalue weighted by atomic mass is 10.1. The Morgan fingerprint density at radius 1 is 1.38 bits per heavy atom. The van der Waals surface area contributed by atoms with Gasteiger partial charge >= 0.3 is 0 Å². The summed E-state index contributed by atoms with van der Waals surface area (Å²) in [4.78, 5) is 12.8. The molecule has 1 aliphatic rings. The SMILES string of the molecule is N#Cc1ccc(F)c(CN=C(N)N2CCN(c3nccs3)CC2)c1. The molecular formula is C16H17FN6S. The standard InChI is InChI=1S/C16H17FN6S/c17-14-2-1-12(10-18)9-13(14)11-21-15(19)22-4-6-23(7-5-22)16-20-3-8-24-16/h1-3,8-9H,4-7,11H2,(H2,19,21). The fourth-order valence-electron chi connectivity index (χ4n) is 2.53. The molecule has 1 fully saturated rings. The molecule has 0 radical (unpaired) electrons. The summed E-state index contributed by atoms with van der Waals surface area (Å²) >= 11 is 1.62. The average Bonchev–Trinajstić information content (AvgIpc) is 3.15. The van der Waals surface area contributed by atoms with Crippen LogP contribution in [0.2, 0.25) is 0 Å². The maximum Gasteiger partial charge on any atom is 0.191 e. The van der Waals surface area contributed by atoms with E-state index in [0.717, 1.165) is 31.3 Å². The number of anilines is 1. The molecule has 1 aromatic carbocycles. The third-order valence-electron chi connectivity index (χ3n) is 3.88. The maximum absolute atomic E-state index is 13.8. The van der Waals surface area contributed by atoms with Crippen molar-refractivity contribution in [2.24, 2.45) is 10.7 Å². The molecule has 0 saturated carbocycles. The first-order valence-corrected chi connectivity index (χ1v) is 8.43. The highest BCUT2D eigenvalue weighted by atomic mass is 32.1. The van der Waals surface area contributed by atoms with Crippen LogP contribution < -0.4 is 10.6 Å². The predicted octanol–water partition coefficient (Wildman–Crippen LogP) is 1.79. The molecule has 2 aromatic rings. The Labute approximate surface area is 143 Å². The molecule has 0 bridgehead atoms. The number of hydrogen-bond acceptors (Lipinski definition) is 5. The van der Waals surface area contributed by atoms with Crippen molar-refractivity contribution >= 4 is 22.4 Å². The molecule has 3 rings (SSSR count). The molecule has 124 valence electrons. The number of thiazole rings is 1. The highest BCUT2D eigenvalue weighted by molar-refractivity contribution is 7.13. The van der Waals surface area contributed by atoms with Crippen molar-refractivity contribution < 1.29 is 4.39 Å². The van der Waals surface area contributed by atoms with Gasteiger partial charge in [0.15, 0.2) is 11.1 Å². The first-order chi connectivity index (χ1) is 11.7. The number of aliphatic imine (C=N–C) groups is 1. The van der Waals surface area contributed by atoms with Gasteiger partial charge in [-0.05, 0) is 18.2 Å². The Kier molecular flexibility index (Phi) is 4.91. The first kappa shape index (κ1) is 16.2. The van der Waals surface area contributed by atoms with Gasteiger partial charge in [0.05, 0.1) is 18.2 Å². The second-order valence-electron chi connectivity index (χ2n) is 5.38. The number of guanidine groups is 1. The van der Waals surface area contributed by atoms with E-state index >= 15 is 0 Å². The zero-order valence-electron chi connectivity index (χ0n) is 13.0. The summed E-state index contributed by atoms with van der Waals surface area (Å²) in [5.41, 5.74) is 6.83. The molecule has 0 spiro atoms. The van der Waals surface area contributed by atoms with E-state index in [9.17, 15) is 4.39 Å². The number of nitriles is 1. The van der Waals surface area contributed by atoms with Crippen LogP contribution in [0.4, 0.5) is 9.52 Å². The van der Waals surface area contributed by atoms with Gasteiger partial charge in [-0.1, -0.05) is 0 Å². The highest BCUT2D eigenvalue weighted by Crippen LogP contribution is 2.19. The molecule has 1 saturated heterocycles. The van der Waals surface area contributed by atoms with E-state index in [4.69, 9.17) is 11.0 Å².